The Morgan fingerprint density at radius 3 is 2.61 bits per heavy atom. The number of hydrogen-bond acceptors (Lipinski definition) is 4. The minimum absolute atomic E-state index is 0.0118. The number of ketones is 1. The van der Waals surface area contributed by atoms with Gasteiger partial charge in [0.15, 0.2) is 5.78 Å². The highest BCUT2D eigenvalue weighted by molar-refractivity contribution is 6.34. The van der Waals surface area contributed by atoms with Crippen LogP contribution < -0.4 is 4.90 Å². The van der Waals surface area contributed by atoms with Crippen molar-refractivity contribution in [2.45, 2.75) is 31.6 Å². The molecular weight excluding hydrogens is 380 g/mol. The molecule has 28 heavy (non-hydrogen) atoms. The molecule has 2 aromatic carbocycles. The molecule has 2 aliphatic rings. The Morgan fingerprint density at radius 1 is 1.07 bits per heavy atom. The van der Waals surface area contributed by atoms with Crippen LogP contribution in [0.1, 0.15) is 37.2 Å². The van der Waals surface area contributed by atoms with Gasteiger partial charge in [0.2, 0.25) is 5.91 Å². The van der Waals surface area contributed by atoms with E-state index in [4.69, 9.17) is 11.6 Å². The van der Waals surface area contributed by atoms with Crippen LogP contribution in [-0.2, 0) is 9.59 Å². The van der Waals surface area contributed by atoms with Crippen molar-refractivity contribution < 1.29 is 14.5 Å². The largest absolute Gasteiger partial charge is 0.294 e. The first-order valence-corrected chi connectivity index (χ1v) is 9.43. The third-order valence-electron chi connectivity index (χ3n) is 5.25. The molecule has 0 spiro atoms. The van der Waals surface area contributed by atoms with Gasteiger partial charge >= 0.3 is 0 Å². The summed E-state index contributed by atoms with van der Waals surface area (Å²) in [7, 11) is 0. The van der Waals surface area contributed by atoms with Crippen molar-refractivity contribution >= 4 is 34.7 Å². The molecule has 142 valence electrons. The highest BCUT2D eigenvalue weighted by Crippen LogP contribution is 2.45. The molecule has 0 bridgehead atoms. The molecule has 0 fully saturated rings. The highest BCUT2D eigenvalue weighted by atomic mass is 35.5. The summed E-state index contributed by atoms with van der Waals surface area (Å²) < 4.78 is 0. The molecule has 0 aromatic heterocycles. The van der Waals surface area contributed by atoms with Crippen molar-refractivity contribution in [2.24, 2.45) is 0 Å². The van der Waals surface area contributed by atoms with Crippen LogP contribution in [0.25, 0.3) is 0 Å². The summed E-state index contributed by atoms with van der Waals surface area (Å²) in [5.41, 5.74) is 2.37. The predicted molar refractivity (Wildman–Crippen MR) is 105 cm³/mol. The fourth-order valence-corrected chi connectivity index (χ4v) is 4.27. The van der Waals surface area contributed by atoms with Gasteiger partial charge in [-0.3, -0.25) is 24.6 Å². The van der Waals surface area contributed by atoms with E-state index in [1.165, 1.54) is 12.1 Å². The number of nitrogens with zero attached hydrogens (tertiary/aromatic N) is 2. The fraction of sp³-hybridized carbons (Fsp3) is 0.238. The molecule has 2 aromatic rings. The maximum Gasteiger partial charge on any atom is 0.269 e. The molecule has 1 amide bonds. The number of carbonyl (C=O) groups is 2. The van der Waals surface area contributed by atoms with Gasteiger partial charge in [0, 0.05) is 42.2 Å². The van der Waals surface area contributed by atoms with Crippen molar-refractivity contribution in [1.82, 2.24) is 0 Å². The van der Waals surface area contributed by atoms with E-state index < -0.39 is 10.8 Å². The molecule has 1 atom stereocenters. The lowest BCUT2D eigenvalue weighted by molar-refractivity contribution is -0.384. The lowest BCUT2D eigenvalue weighted by atomic mass is 9.77. The first-order valence-electron chi connectivity index (χ1n) is 9.05. The van der Waals surface area contributed by atoms with Gasteiger partial charge in [0.25, 0.3) is 5.69 Å². The molecule has 6 nitrogen and oxygen atoms in total. The van der Waals surface area contributed by atoms with Crippen LogP contribution in [0.15, 0.2) is 59.8 Å². The Morgan fingerprint density at radius 2 is 1.86 bits per heavy atom. The van der Waals surface area contributed by atoms with Gasteiger partial charge < -0.3 is 0 Å². The Bertz CT molecular complexity index is 1030. The molecule has 0 saturated carbocycles. The van der Waals surface area contributed by atoms with Crippen molar-refractivity contribution in [2.75, 3.05) is 4.90 Å². The van der Waals surface area contributed by atoms with Gasteiger partial charge in [0.05, 0.1) is 15.6 Å². The van der Waals surface area contributed by atoms with Crippen LogP contribution in [0, 0.1) is 10.1 Å². The van der Waals surface area contributed by atoms with Gasteiger partial charge in [-0.25, -0.2) is 0 Å². The number of para-hydroxylation sites is 1. The molecular formula is C21H17ClN2O4. The molecule has 1 heterocycles. The normalized spacial score (nSPS) is 19.6. The second-order valence-electron chi connectivity index (χ2n) is 6.93. The third-order valence-corrected chi connectivity index (χ3v) is 5.57. The lowest BCUT2D eigenvalue weighted by Crippen LogP contribution is -2.40. The quantitative estimate of drug-likeness (QED) is 0.552. The minimum Gasteiger partial charge on any atom is -0.294 e. The number of non-ortho nitro benzene ring substituents is 1. The summed E-state index contributed by atoms with van der Waals surface area (Å²) in [6, 6.07) is 13.2. The highest BCUT2D eigenvalue weighted by Gasteiger charge is 2.40. The molecule has 0 saturated heterocycles. The second kappa shape index (κ2) is 7.20. The molecule has 0 N–H and O–H groups in total. The van der Waals surface area contributed by atoms with Crippen LogP contribution in [-0.4, -0.2) is 16.6 Å². The summed E-state index contributed by atoms with van der Waals surface area (Å²) in [4.78, 5) is 38.2. The predicted octanol–water partition coefficient (Wildman–Crippen LogP) is 4.78. The molecule has 7 heteroatoms. The molecule has 4 rings (SSSR count). The standard InChI is InChI=1S/C21H17ClN2O4/c22-16-7-1-2-8-17(16)23-18-9-4-10-19(25)21(18)15(12-20(23)26)13-5-3-6-14(11-13)24(27)28/h1-3,5-8,11,15H,4,9-10,12H2. The summed E-state index contributed by atoms with van der Waals surface area (Å²) in [5.74, 6) is -0.658. The lowest BCUT2D eigenvalue weighted by Gasteiger charge is -2.38. The van der Waals surface area contributed by atoms with E-state index in [0.29, 0.717) is 46.8 Å². The first-order chi connectivity index (χ1) is 13.5. The number of benzene rings is 2. The maximum absolute atomic E-state index is 13.1. The smallest absolute Gasteiger partial charge is 0.269 e. The number of amides is 1. The van der Waals surface area contributed by atoms with Crippen molar-refractivity contribution in [1.29, 1.82) is 0 Å². The number of nitro groups is 1. The van der Waals surface area contributed by atoms with Gasteiger partial charge in [-0.1, -0.05) is 35.9 Å². The van der Waals surface area contributed by atoms with Crippen LogP contribution in [0.3, 0.4) is 0 Å². The Kier molecular flexibility index (Phi) is 4.73. The maximum atomic E-state index is 13.1. The molecule has 1 aliphatic heterocycles. The average Bonchev–Trinajstić information content (AvgIpc) is 2.68. The zero-order valence-electron chi connectivity index (χ0n) is 14.9. The monoisotopic (exact) mass is 396 g/mol. The van der Waals surface area contributed by atoms with Crippen molar-refractivity contribution in [3.05, 3.63) is 80.5 Å². The van der Waals surface area contributed by atoms with Crippen molar-refractivity contribution in [3.63, 3.8) is 0 Å². The van der Waals surface area contributed by atoms with E-state index in [2.05, 4.69) is 0 Å². The Hall–Kier alpha value is -2.99. The summed E-state index contributed by atoms with van der Waals surface area (Å²) in [6.07, 6.45) is 1.72. The van der Waals surface area contributed by atoms with Crippen molar-refractivity contribution in [3.8, 4) is 0 Å². The van der Waals surface area contributed by atoms with Gasteiger partial charge in [0.1, 0.15) is 0 Å². The number of anilines is 1. The third kappa shape index (κ3) is 3.10. The summed E-state index contributed by atoms with van der Waals surface area (Å²) in [5, 5.41) is 11.6. The van der Waals surface area contributed by atoms with Crippen LogP contribution >= 0.6 is 11.6 Å². The molecule has 1 unspecified atom stereocenters. The number of halogens is 1. The Balaban J connectivity index is 1.87. The fourth-order valence-electron chi connectivity index (χ4n) is 4.05. The average molecular weight is 397 g/mol. The van der Waals surface area contributed by atoms with Gasteiger partial charge in [-0.15, -0.1) is 0 Å². The number of rotatable bonds is 3. The molecule has 0 radical (unpaired) electrons. The van der Waals surface area contributed by atoms with E-state index >= 15 is 0 Å². The van der Waals surface area contributed by atoms with E-state index in [1.54, 1.807) is 41.3 Å². The topological polar surface area (TPSA) is 80.5 Å². The molecule has 1 aliphatic carbocycles. The number of allylic oxidation sites excluding steroid dienone is 2. The van der Waals surface area contributed by atoms with Gasteiger partial charge in [-0.2, -0.15) is 0 Å². The van der Waals surface area contributed by atoms with Crippen LogP contribution in [0.2, 0.25) is 5.02 Å². The number of nitro benzene ring substituents is 1. The van der Waals surface area contributed by atoms with Crippen LogP contribution in [0.5, 0.6) is 0 Å². The first kappa shape index (κ1) is 18.4. The number of carbonyl (C=O) groups excluding carboxylic acids is 2. The second-order valence-corrected chi connectivity index (χ2v) is 7.33. The Labute approximate surface area is 166 Å². The van der Waals surface area contributed by atoms with E-state index in [-0.39, 0.29) is 23.8 Å². The summed E-state index contributed by atoms with van der Waals surface area (Å²) >= 11 is 6.32. The van der Waals surface area contributed by atoms with Crippen LogP contribution in [0.4, 0.5) is 11.4 Å². The summed E-state index contributed by atoms with van der Waals surface area (Å²) in [6.45, 7) is 0. The van der Waals surface area contributed by atoms with E-state index in [0.717, 1.165) is 0 Å². The number of Topliss-reactive ketones (excluding diaryl/α,β-unsaturated/α-hetero) is 1. The van der Waals surface area contributed by atoms with E-state index in [1.807, 2.05) is 0 Å². The SMILES string of the molecule is O=C1CCCC2=C1C(c1cccc([N+](=O)[O-])c1)CC(=O)N2c1ccccc1Cl. The zero-order valence-corrected chi connectivity index (χ0v) is 15.7. The zero-order chi connectivity index (χ0) is 19.8. The van der Waals surface area contributed by atoms with E-state index in [9.17, 15) is 19.7 Å². The number of hydrogen-bond donors (Lipinski definition) is 0. The van der Waals surface area contributed by atoms with Gasteiger partial charge in [-0.05, 0) is 30.5 Å². The minimum atomic E-state index is -0.478.